The van der Waals surface area contributed by atoms with Crippen molar-refractivity contribution in [3.63, 3.8) is 0 Å². The molecule has 0 heterocycles. The second-order valence-electron chi connectivity index (χ2n) is 7.64. The predicted molar refractivity (Wildman–Crippen MR) is 88.1 cm³/mol. The number of amides is 1. The van der Waals surface area contributed by atoms with Crippen LogP contribution in [0.4, 0.5) is 5.69 Å². The van der Waals surface area contributed by atoms with E-state index >= 15 is 0 Å². The minimum Gasteiger partial charge on any atom is -0.325 e. The quantitative estimate of drug-likeness (QED) is 0.688. The van der Waals surface area contributed by atoms with Crippen molar-refractivity contribution in [2.75, 3.05) is 5.32 Å². The van der Waals surface area contributed by atoms with Gasteiger partial charge in [-0.05, 0) is 41.9 Å². The number of Topliss-reactive ketones (excluding diaryl/α,β-unsaturated/α-hetero) is 2. The van der Waals surface area contributed by atoms with Crippen molar-refractivity contribution in [1.82, 2.24) is 0 Å². The first kappa shape index (κ1) is 15.9. The van der Waals surface area contributed by atoms with Crippen molar-refractivity contribution in [1.29, 1.82) is 0 Å². The molecule has 1 aromatic rings. The second kappa shape index (κ2) is 5.02. The van der Waals surface area contributed by atoms with Gasteiger partial charge in [0.15, 0.2) is 0 Å². The Morgan fingerprint density at radius 3 is 2.26 bits per heavy atom. The molecule has 1 N–H and O–H groups in total. The lowest BCUT2D eigenvalue weighted by molar-refractivity contribution is -0.147. The van der Waals surface area contributed by atoms with E-state index in [1.807, 2.05) is 38.1 Å². The molecule has 1 aromatic carbocycles. The molecule has 4 heteroatoms. The molecule has 2 fully saturated rings. The zero-order chi connectivity index (χ0) is 17.0. The molecule has 2 aliphatic carbocycles. The van der Waals surface area contributed by atoms with E-state index in [-0.39, 0.29) is 17.6 Å². The number of hydrogen-bond donors (Lipinski definition) is 1. The third kappa shape index (κ3) is 2.00. The van der Waals surface area contributed by atoms with E-state index in [0.717, 1.165) is 0 Å². The molecule has 23 heavy (non-hydrogen) atoms. The molecular weight excluding hydrogens is 290 g/mol. The lowest BCUT2D eigenvalue weighted by atomic mass is 9.68. The van der Waals surface area contributed by atoms with Crippen LogP contribution in [0.25, 0.3) is 0 Å². The second-order valence-corrected chi connectivity index (χ2v) is 7.64. The van der Waals surface area contributed by atoms with Gasteiger partial charge < -0.3 is 5.32 Å². The Kier molecular flexibility index (Phi) is 3.47. The standard InChI is InChI=1S/C19H23NO3/c1-11(2)12-5-7-13(8-6-12)20-17(23)19-10-9-14(18(19,3)4)15(21)16(19)22/h5-8,11,14H,9-10H2,1-4H3,(H,20,23). The zero-order valence-electron chi connectivity index (χ0n) is 14.1. The summed E-state index contributed by atoms with van der Waals surface area (Å²) in [4.78, 5) is 37.5. The average molecular weight is 313 g/mol. The summed E-state index contributed by atoms with van der Waals surface area (Å²) >= 11 is 0. The molecule has 122 valence electrons. The number of nitrogens with one attached hydrogen (secondary N) is 1. The van der Waals surface area contributed by atoms with Crippen molar-refractivity contribution >= 4 is 23.2 Å². The number of carbonyl (C=O) groups is 3. The van der Waals surface area contributed by atoms with E-state index < -0.39 is 16.6 Å². The molecule has 2 atom stereocenters. The highest BCUT2D eigenvalue weighted by Crippen LogP contribution is 2.62. The Morgan fingerprint density at radius 2 is 1.78 bits per heavy atom. The molecule has 0 aliphatic heterocycles. The van der Waals surface area contributed by atoms with Gasteiger partial charge >= 0.3 is 0 Å². The van der Waals surface area contributed by atoms with Crippen molar-refractivity contribution < 1.29 is 14.4 Å². The maximum Gasteiger partial charge on any atom is 0.239 e. The average Bonchev–Trinajstić information content (AvgIpc) is 2.84. The Hall–Kier alpha value is -1.97. The topological polar surface area (TPSA) is 63.2 Å². The number of hydrogen-bond acceptors (Lipinski definition) is 3. The number of anilines is 1. The molecule has 0 aromatic heterocycles. The first-order chi connectivity index (χ1) is 10.7. The molecule has 1 amide bonds. The van der Waals surface area contributed by atoms with Crippen molar-refractivity contribution in [2.45, 2.75) is 46.5 Å². The normalized spacial score (nSPS) is 28.5. The van der Waals surface area contributed by atoms with Gasteiger partial charge in [0.25, 0.3) is 0 Å². The summed E-state index contributed by atoms with van der Waals surface area (Å²) < 4.78 is 0. The molecular formula is C19H23NO3. The van der Waals surface area contributed by atoms with Gasteiger partial charge in [-0.1, -0.05) is 39.8 Å². The first-order valence-electron chi connectivity index (χ1n) is 8.22. The molecule has 4 nitrogen and oxygen atoms in total. The minimum atomic E-state index is -1.20. The van der Waals surface area contributed by atoms with Gasteiger partial charge in [0.05, 0.1) is 0 Å². The van der Waals surface area contributed by atoms with Gasteiger partial charge in [0.2, 0.25) is 17.5 Å². The minimum absolute atomic E-state index is 0.316. The highest BCUT2D eigenvalue weighted by atomic mass is 16.2. The van der Waals surface area contributed by atoms with Crippen LogP contribution in [0.5, 0.6) is 0 Å². The van der Waals surface area contributed by atoms with Crippen LogP contribution in [0.2, 0.25) is 0 Å². The van der Waals surface area contributed by atoms with Gasteiger partial charge in [-0.2, -0.15) is 0 Å². The fourth-order valence-corrected chi connectivity index (χ4v) is 4.27. The summed E-state index contributed by atoms with van der Waals surface area (Å²) in [6.07, 6.45) is 1.09. The van der Waals surface area contributed by atoms with Crippen LogP contribution in [-0.4, -0.2) is 17.5 Å². The van der Waals surface area contributed by atoms with Crippen molar-refractivity contribution in [3.05, 3.63) is 29.8 Å². The van der Waals surface area contributed by atoms with Crippen LogP contribution in [0.15, 0.2) is 24.3 Å². The summed E-state index contributed by atoms with van der Waals surface area (Å²) in [5, 5.41) is 2.86. The molecule has 2 saturated carbocycles. The van der Waals surface area contributed by atoms with E-state index in [2.05, 4.69) is 19.2 Å². The summed E-state index contributed by atoms with van der Waals surface area (Å²) in [7, 11) is 0. The molecule has 0 spiro atoms. The SMILES string of the molecule is CC(C)c1ccc(NC(=O)C23CCC(C(=O)C2=O)C3(C)C)cc1. The third-order valence-corrected chi connectivity index (χ3v) is 5.93. The maximum atomic E-state index is 12.9. The van der Waals surface area contributed by atoms with Gasteiger partial charge in [0.1, 0.15) is 5.41 Å². The predicted octanol–water partition coefficient (Wildman–Crippen LogP) is 3.32. The number of ketones is 2. The fourth-order valence-electron chi connectivity index (χ4n) is 4.27. The highest BCUT2D eigenvalue weighted by molar-refractivity contribution is 6.48. The van der Waals surface area contributed by atoms with Crippen LogP contribution < -0.4 is 5.32 Å². The molecule has 2 unspecified atom stereocenters. The van der Waals surface area contributed by atoms with Crippen LogP contribution in [0, 0.1) is 16.7 Å². The smallest absolute Gasteiger partial charge is 0.239 e. The van der Waals surface area contributed by atoms with Crippen LogP contribution >= 0.6 is 0 Å². The maximum absolute atomic E-state index is 12.9. The molecule has 2 aliphatic rings. The Balaban J connectivity index is 1.88. The Morgan fingerprint density at radius 1 is 1.17 bits per heavy atom. The lowest BCUT2D eigenvalue weighted by Crippen LogP contribution is -2.47. The van der Waals surface area contributed by atoms with Gasteiger partial charge in [-0.15, -0.1) is 0 Å². The van der Waals surface area contributed by atoms with E-state index in [1.165, 1.54) is 5.56 Å². The van der Waals surface area contributed by atoms with Gasteiger partial charge in [0, 0.05) is 11.6 Å². The monoisotopic (exact) mass is 313 g/mol. The fraction of sp³-hybridized carbons (Fsp3) is 0.526. The number of rotatable bonds is 3. The van der Waals surface area contributed by atoms with Crippen LogP contribution in [-0.2, 0) is 14.4 Å². The molecule has 0 saturated heterocycles. The first-order valence-corrected chi connectivity index (χ1v) is 8.22. The van der Waals surface area contributed by atoms with E-state index in [9.17, 15) is 14.4 Å². The Bertz CT molecular complexity index is 687. The van der Waals surface area contributed by atoms with Crippen LogP contribution in [0.3, 0.4) is 0 Å². The lowest BCUT2D eigenvalue weighted by Gasteiger charge is -2.33. The molecule has 2 bridgehead atoms. The largest absolute Gasteiger partial charge is 0.325 e. The molecule has 0 radical (unpaired) electrons. The summed E-state index contributed by atoms with van der Waals surface area (Å²) in [6, 6.07) is 7.65. The summed E-state index contributed by atoms with van der Waals surface area (Å²) in [5.74, 6) is -1.11. The summed E-state index contributed by atoms with van der Waals surface area (Å²) in [5.41, 5.74) is 0.0453. The van der Waals surface area contributed by atoms with Crippen molar-refractivity contribution in [2.24, 2.45) is 16.7 Å². The highest BCUT2D eigenvalue weighted by Gasteiger charge is 2.72. The Labute approximate surface area is 136 Å². The third-order valence-electron chi connectivity index (χ3n) is 5.93. The van der Waals surface area contributed by atoms with E-state index in [0.29, 0.717) is 24.4 Å². The van der Waals surface area contributed by atoms with E-state index in [1.54, 1.807) is 0 Å². The van der Waals surface area contributed by atoms with Gasteiger partial charge in [-0.3, -0.25) is 14.4 Å². The number of carbonyl (C=O) groups excluding carboxylic acids is 3. The summed E-state index contributed by atoms with van der Waals surface area (Å²) in [6.45, 7) is 7.96. The zero-order valence-corrected chi connectivity index (χ0v) is 14.1. The van der Waals surface area contributed by atoms with Crippen molar-refractivity contribution in [3.8, 4) is 0 Å². The van der Waals surface area contributed by atoms with E-state index in [4.69, 9.17) is 0 Å². The molecule has 3 rings (SSSR count). The number of fused-ring (bicyclic) bond motifs is 2. The van der Waals surface area contributed by atoms with Gasteiger partial charge in [-0.25, -0.2) is 0 Å². The van der Waals surface area contributed by atoms with Crippen LogP contribution in [0.1, 0.15) is 52.0 Å². The number of benzene rings is 1.